The molecule has 4 amide bonds. The summed E-state index contributed by atoms with van der Waals surface area (Å²) in [6.07, 6.45) is 6.97. The minimum absolute atomic E-state index is 0.0317. The molecule has 11 nitrogen and oxygen atoms in total. The highest BCUT2D eigenvalue weighted by Crippen LogP contribution is 2.39. The van der Waals surface area contributed by atoms with Crippen LogP contribution in [0.1, 0.15) is 51.5 Å². The molecular weight excluding hydrogens is 615 g/mol. The van der Waals surface area contributed by atoms with Gasteiger partial charge in [-0.05, 0) is 54.7 Å². The fraction of sp³-hybridized carbons (Fsp3) is 0.394. The second-order valence-corrected chi connectivity index (χ2v) is 12.4. The number of aromatic nitrogens is 3. The first-order chi connectivity index (χ1) is 22.2. The Balaban J connectivity index is 1.74. The second kappa shape index (κ2) is 14.7. The van der Waals surface area contributed by atoms with E-state index in [1.165, 1.54) is 11.8 Å². The number of benzene rings is 1. The first-order valence-electron chi connectivity index (χ1n) is 15.1. The van der Waals surface area contributed by atoms with Crippen LogP contribution in [0.2, 0.25) is 0 Å². The van der Waals surface area contributed by atoms with Gasteiger partial charge in [0.25, 0.3) is 11.8 Å². The number of amides is 4. The van der Waals surface area contributed by atoms with E-state index in [2.05, 4.69) is 10.3 Å². The van der Waals surface area contributed by atoms with E-state index in [4.69, 9.17) is 10.7 Å². The summed E-state index contributed by atoms with van der Waals surface area (Å²) in [5.74, 6) is -3.63. The second-order valence-electron chi connectivity index (χ2n) is 12.4. The van der Waals surface area contributed by atoms with E-state index in [-0.39, 0.29) is 30.8 Å². The molecule has 3 N–H and O–H groups in total. The van der Waals surface area contributed by atoms with Crippen molar-refractivity contribution in [3.05, 3.63) is 84.1 Å². The van der Waals surface area contributed by atoms with Crippen LogP contribution in [-0.4, -0.2) is 79.8 Å². The summed E-state index contributed by atoms with van der Waals surface area (Å²) < 4.78 is 44.4. The molecule has 3 heterocycles. The van der Waals surface area contributed by atoms with Gasteiger partial charge in [0.2, 0.25) is 11.8 Å². The quantitative estimate of drug-likeness (QED) is 0.270. The van der Waals surface area contributed by atoms with Gasteiger partial charge in [-0.3, -0.25) is 29.1 Å². The molecule has 0 aliphatic carbocycles. The van der Waals surface area contributed by atoms with E-state index in [9.17, 15) is 32.3 Å². The van der Waals surface area contributed by atoms with Gasteiger partial charge in [0, 0.05) is 55.4 Å². The summed E-state index contributed by atoms with van der Waals surface area (Å²) in [4.78, 5) is 62.1. The molecule has 0 saturated carbocycles. The zero-order valence-corrected chi connectivity index (χ0v) is 26.6. The number of nitrogens with zero attached hydrogens (tertiary/aromatic N) is 5. The Bertz CT molecular complexity index is 1640. The fourth-order valence-electron chi connectivity index (χ4n) is 5.38. The van der Waals surface area contributed by atoms with E-state index in [1.54, 1.807) is 35.3 Å². The molecule has 1 aromatic carbocycles. The van der Waals surface area contributed by atoms with Gasteiger partial charge in [-0.1, -0.05) is 20.8 Å². The van der Waals surface area contributed by atoms with Crippen molar-refractivity contribution >= 4 is 23.6 Å². The Morgan fingerprint density at radius 3 is 2.34 bits per heavy atom. The standard InChI is InChI=1S/C33H38F3N7O4/c1-20(43-27(44)7-8-28(43)45)32(47)39-17-29(46)42(14-11-23(37)16-34)30(33(2,3)4)31-40-26(24-15-22(35)5-6-25(24)36)19-41(31)18-21-9-12-38-13-10-21/h5-10,12-13,15,19-20,23,30H,11,14,16-18,37H2,1-4H3,(H,39,47)/t20-,23+,30-/m0/s1. The van der Waals surface area contributed by atoms with Gasteiger partial charge >= 0.3 is 0 Å². The molecule has 4 rings (SSSR count). The van der Waals surface area contributed by atoms with Gasteiger partial charge in [0.15, 0.2) is 0 Å². The van der Waals surface area contributed by atoms with E-state index in [0.717, 1.165) is 40.8 Å². The number of pyridine rings is 1. The number of rotatable bonds is 13. The predicted octanol–water partition coefficient (Wildman–Crippen LogP) is 3.30. The van der Waals surface area contributed by atoms with Crippen molar-refractivity contribution in [2.45, 2.75) is 58.8 Å². The number of carbonyl (C=O) groups excluding carboxylic acids is 4. The molecule has 0 bridgehead atoms. The van der Waals surface area contributed by atoms with Crippen molar-refractivity contribution < 1.29 is 32.3 Å². The van der Waals surface area contributed by atoms with Gasteiger partial charge in [0.1, 0.15) is 30.2 Å². The number of halogens is 3. The summed E-state index contributed by atoms with van der Waals surface area (Å²) in [7, 11) is 0. The van der Waals surface area contributed by atoms with E-state index < -0.39 is 72.0 Å². The largest absolute Gasteiger partial charge is 0.345 e. The lowest BCUT2D eigenvalue weighted by molar-refractivity contribution is -0.145. The molecule has 3 aromatic rings. The smallest absolute Gasteiger partial charge is 0.254 e. The third-order valence-electron chi connectivity index (χ3n) is 7.77. The predicted molar refractivity (Wildman–Crippen MR) is 167 cm³/mol. The van der Waals surface area contributed by atoms with Gasteiger partial charge < -0.3 is 20.5 Å². The van der Waals surface area contributed by atoms with Crippen molar-refractivity contribution in [2.75, 3.05) is 19.8 Å². The molecule has 3 atom stereocenters. The van der Waals surface area contributed by atoms with Crippen LogP contribution < -0.4 is 11.1 Å². The molecule has 0 fully saturated rings. The maximum atomic E-state index is 15.0. The van der Waals surface area contributed by atoms with Gasteiger partial charge in [-0.25, -0.2) is 18.2 Å². The van der Waals surface area contributed by atoms with Crippen LogP contribution in [0.4, 0.5) is 13.2 Å². The summed E-state index contributed by atoms with van der Waals surface area (Å²) in [5, 5.41) is 2.50. The first kappa shape index (κ1) is 35.0. The number of carbonyl (C=O) groups is 4. The number of imidazole rings is 1. The molecule has 47 heavy (non-hydrogen) atoms. The van der Waals surface area contributed by atoms with Crippen LogP contribution in [0.3, 0.4) is 0 Å². The average Bonchev–Trinajstić information content (AvgIpc) is 3.59. The highest BCUT2D eigenvalue weighted by molar-refractivity contribution is 6.15. The number of imide groups is 1. The van der Waals surface area contributed by atoms with Crippen molar-refractivity contribution in [3.63, 3.8) is 0 Å². The lowest BCUT2D eigenvalue weighted by Gasteiger charge is -2.40. The lowest BCUT2D eigenvalue weighted by atomic mass is 9.84. The van der Waals surface area contributed by atoms with E-state index in [1.807, 2.05) is 20.8 Å². The van der Waals surface area contributed by atoms with Crippen LogP contribution in [0.25, 0.3) is 11.3 Å². The third-order valence-corrected chi connectivity index (χ3v) is 7.77. The average molecular weight is 654 g/mol. The minimum atomic E-state index is -1.19. The zero-order chi connectivity index (χ0) is 34.5. The zero-order valence-electron chi connectivity index (χ0n) is 26.6. The molecule has 1 aliphatic heterocycles. The molecule has 0 radical (unpaired) electrons. The topological polar surface area (TPSA) is 144 Å². The highest BCUT2D eigenvalue weighted by atomic mass is 19.1. The van der Waals surface area contributed by atoms with Crippen LogP contribution in [0.5, 0.6) is 0 Å². The molecular formula is C33H38F3N7O4. The Morgan fingerprint density at radius 2 is 1.72 bits per heavy atom. The SMILES string of the molecule is C[C@@H](C(=O)NCC(=O)N(CC[C@@H](N)CF)[C@@H](c1nc(-c2cc(F)ccc2F)cn1Cc1ccncc1)C(C)(C)C)N1C(=O)C=CC1=O. The van der Waals surface area contributed by atoms with Gasteiger partial charge in [-0.15, -0.1) is 0 Å². The Morgan fingerprint density at radius 1 is 1.06 bits per heavy atom. The van der Waals surface area contributed by atoms with Crippen molar-refractivity contribution in [3.8, 4) is 11.3 Å². The third kappa shape index (κ3) is 8.30. The maximum Gasteiger partial charge on any atom is 0.254 e. The number of nitrogens with one attached hydrogen (secondary N) is 1. The molecule has 0 spiro atoms. The van der Waals surface area contributed by atoms with Crippen LogP contribution >= 0.6 is 0 Å². The number of alkyl halides is 1. The van der Waals surface area contributed by atoms with Crippen LogP contribution in [0.15, 0.2) is 61.1 Å². The maximum absolute atomic E-state index is 15.0. The number of hydrogen-bond acceptors (Lipinski definition) is 7. The first-order valence-corrected chi connectivity index (χ1v) is 15.1. The molecule has 2 aromatic heterocycles. The number of hydrogen-bond donors (Lipinski definition) is 2. The number of nitrogens with two attached hydrogens (primary N) is 1. The fourth-order valence-corrected chi connectivity index (χ4v) is 5.38. The Kier molecular flexibility index (Phi) is 11.0. The van der Waals surface area contributed by atoms with Crippen molar-refractivity contribution in [1.82, 2.24) is 29.7 Å². The molecule has 14 heteroatoms. The monoisotopic (exact) mass is 653 g/mol. The van der Waals surface area contributed by atoms with Gasteiger partial charge in [-0.2, -0.15) is 0 Å². The van der Waals surface area contributed by atoms with E-state index in [0.29, 0.717) is 5.82 Å². The summed E-state index contributed by atoms with van der Waals surface area (Å²) in [6, 6.07) is 3.70. The van der Waals surface area contributed by atoms with E-state index >= 15 is 0 Å². The normalized spacial score (nSPS) is 15.1. The Hall–Kier alpha value is -4.85. The summed E-state index contributed by atoms with van der Waals surface area (Å²) in [5.41, 5.74) is 6.03. The lowest BCUT2D eigenvalue weighted by Crippen LogP contribution is -2.52. The highest BCUT2D eigenvalue weighted by Gasteiger charge is 2.39. The summed E-state index contributed by atoms with van der Waals surface area (Å²) >= 11 is 0. The van der Waals surface area contributed by atoms with Crippen LogP contribution in [-0.2, 0) is 25.7 Å². The Labute approximate surface area is 270 Å². The van der Waals surface area contributed by atoms with Crippen molar-refractivity contribution in [1.29, 1.82) is 0 Å². The molecule has 1 aliphatic rings. The molecule has 0 saturated heterocycles. The molecule has 250 valence electrons. The van der Waals surface area contributed by atoms with Gasteiger partial charge in [0.05, 0.1) is 18.3 Å². The summed E-state index contributed by atoms with van der Waals surface area (Å²) in [6.45, 7) is 5.79. The minimum Gasteiger partial charge on any atom is -0.345 e. The molecule has 0 unspecified atom stereocenters. The van der Waals surface area contributed by atoms with Crippen molar-refractivity contribution in [2.24, 2.45) is 11.1 Å². The van der Waals surface area contributed by atoms with Crippen LogP contribution in [0, 0.1) is 17.0 Å².